The molecule has 3 aromatic rings. The molecule has 0 aromatic heterocycles. The molecule has 3 aromatic carbocycles. The molecule has 0 atom stereocenters. The summed E-state index contributed by atoms with van der Waals surface area (Å²) in [5.41, 5.74) is 7.52. The molecule has 7 nitrogen and oxygen atoms in total. The average molecular weight is 374 g/mol. The van der Waals surface area contributed by atoms with Gasteiger partial charge in [-0.2, -0.15) is 10.2 Å². The normalized spacial score (nSPS) is 10.6. The Morgan fingerprint density at radius 1 is 0.821 bits per heavy atom. The lowest BCUT2D eigenvalue weighted by molar-refractivity contribution is -0.118. The van der Waals surface area contributed by atoms with Crippen LogP contribution in [0.3, 0.4) is 0 Å². The third kappa shape index (κ3) is 5.25. The Morgan fingerprint density at radius 3 is 2.11 bits per heavy atom. The number of hydrogen-bond acceptors (Lipinski definition) is 5. The average Bonchev–Trinajstić information content (AvgIpc) is 2.72. The molecule has 7 heteroatoms. The predicted molar refractivity (Wildman–Crippen MR) is 106 cm³/mol. The zero-order chi connectivity index (χ0) is 19.8. The molecule has 0 saturated carbocycles. The molecule has 0 aliphatic heterocycles. The molecule has 0 bridgehead atoms. The Labute approximate surface area is 161 Å². The number of ether oxygens (including phenoxy) is 1. The van der Waals surface area contributed by atoms with E-state index in [0.717, 1.165) is 5.69 Å². The number of rotatable bonds is 7. The highest BCUT2D eigenvalue weighted by molar-refractivity contribution is 5.96. The van der Waals surface area contributed by atoms with Crippen LogP contribution < -0.4 is 15.8 Å². The summed E-state index contributed by atoms with van der Waals surface area (Å²) in [4.78, 5) is 23.4. The van der Waals surface area contributed by atoms with E-state index < -0.39 is 5.91 Å². The van der Waals surface area contributed by atoms with Gasteiger partial charge in [0.05, 0.1) is 16.9 Å². The minimum Gasteiger partial charge on any atom is -0.483 e. The molecule has 3 N–H and O–H groups in total. The fourth-order valence-electron chi connectivity index (χ4n) is 2.36. The van der Waals surface area contributed by atoms with Crippen LogP contribution in [-0.2, 0) is 4.79 Å². The second kappa shape index (κ2) is 9.09. The molecule has 0 fully saturated rings. The van der Waals surface area contributed by atoms with Crippen molar-refractivity contribution in [1.29, 1.82) is 0 Å². The summed E-state index contributed by atoms with van der Waals surface area (Å²) in [6.07, 6.45) is 0. The number of hydrogen-bond donors (Lipinski definition) is 2. The number of carbonyl (C=O) groups excluding carboxylic acids is 2. The van der Waals surface area contributed by atoms with Crippen molar-refractivity contribution in [2.75, 3.05) is 11.9 Å². The number of amides is 2. The molecule has 0 unspecified atom stereocenters. The maximum Gasteiger partial charge on any atom is 0.262 e. The van der Waals surface area contributed by atoms with Crippen LogP contribution in [0.1, 0.15) is 10.4 Å². The predicted octanol–water partition coefficient (Wildman–Crippen LogP) is 4.22. The molecule has 0 radical (unpaired) electrons. The van der Waals surface area contributed by atoms with Gasteiger partial charge in [-0.15, -0.1) is 0 Å². The van der Waals surface area contributed by atoms with Crippen LogP contribution in [0.5, 0.6) is 5.75 Å². The minimum absolute atomic E-state index is 0.225. The molecule has 3 rings (SSSR count). The van der Waals surface area contributed by atoms with E-state index in [9.17, 15) is 9.59 Å². The number of nitrogens with one attached hydrogen (secondary N) is 1. The van der Waals surface area contributed by atoms with Gasteiger partial charge in [0.25, 0.3) is 11.8 Å². The number of azo groups is 1. The number of anilines is 1. The lowest BCUT2D eigenvalue weighted by Crippen LogP contribution is -2.21. The van der Waals surface area contributed by atoms with Crippen LogP contribution in [0.25, 0.3) is 0 Å². The van der Waals surface area contributed by atoms with E-state index in [1.54, 1.807) is 42.5 Å². The molecule has 0 heterocycles. The van der Waals surface area contributed by atoms with Crippen LogP contribution in [0.2, 0.25) is 0 Å². The van der Waals surface area contributed by atoms with Crippen LogP contribution in [0.4, 0.5) is 17.1 Å². The van der Waals surface area contributed by atoms with E-state index in [1.165, 1.54) is 6.07 Å². The van der Waals surface area contributed by atoms with Gasteiger partial charge in [-0.3, -0.25) is 9.59 Å². The highest BCUT2D eigenvalue weighted by atomic mass is 16.5. The summed E-state index contributed by atoms with van der Waals surface area (Å²) in [5.74, 6) is -0.712. The quantitative estimate of drug-likeness (QED) is 0.605. The van der Waals surface area contributed by atoms with Crippen molar-refractivity contribution in [1.82, 2.24) is 0 Å². The standard InChI is InChI=1S/C21H18N4O3/c22-21(27)18-8-4-5-9-19(18)28-14-20(26)23-15-10-12-17(13-11-15)25-24-16-6-2-1-3-7-16/h1-13H,14H2,(H2,22,27)(H,23,26). The first-order valence-corrected chi connectivity index (χ1v) is 8.50. The Kier molecular flexibility index (Phi) is 6.10. The van der Waals surface area contributed by atoms with Gasteiger partial charge in [-0.1, -0.05) is 30.3 Å². The van der Waals surface area contributed by atoms with Crippen molar-refractivity contribution >= 4 is 28.9 Å². The van der Waals surface area contributed by atoms with Gasteiger partial charge in [-0.05, 0) is 48.5 Å². The van der Waals surface area contributed by atoms with E-state index in [2.05, 4.69) is 15.5 Å². The van der Waals surface area contributed by atoms with Crippen LogP contribution >= 0.6 is 0 Å². The molecular weight excluding hydrogens is 356 g/mol. The third-order valence-corrected chi connectivity index (χ3v) is 3.70. The van der Waals surface area contributed by atoms with E-state index in [-0.39, 0.29) is 23.8 Å². The van der Waals surface area contributed by atoms with Crippen molar-refractivity contribution in [3.05, 3.63) is 84.4 Å². The Bertz CT molecular complexity index is 986. The van der Waals surface area contributed by atoms with Crippen LogP contribution in [0.15, 0.2) is 89.1 Å². The maximum absolute atomic E-state index is 12.1. The van der Waals surface area contributed by atoms with Crippen molar-refractivity contribution in [2.45, 2.75) is 0 Å². The SMILES string of the molecule is NC(=O)c1ccccc1OCC(=O)Nc1ccc(N=Nc2ccccc2)cc1. The highest BCUT2D eigenvalue weighted by Gasteiger charge is 2.10. The fraction of sp³-hybridized carbons (Fsp3) is 0.0476. The van der Waals surface area contributed by atoms with Crippen molar-refractivity contribution in [2.24, 2.45) is 16.0 Å². The van der Waals surface area contributed by atoms with Crippen molar-refractivity contribution in [3.8, 4) is 5.75 Å². The van der Waals surface area contributed by atoms with E-state index in [0.29, 0.717) is 11.4 Å². The summed E-state index contributed by atoms with van der Waals surface area (Å²) in [6, 6.07) is 22.8. The maximum atomic E-state index is 12.1. The first-order valence-electron chi connectivity index (χ1n) is 8.50. The van der Waals surface area contributed by atoms with Crippen LogP contribution in [-0.4, -0.2) is 18.4 Å². The zero-order valence-electron chi connectivity index (χ0n) is 14.9. The topological polar surface area (TPSA) is 106 Å². The van der Waals surface area contributed by atoms with Gasteiger partial charge in [0.2, 0.25) is 0 Å². The summed E-state index contributed by atoms with van der Waals surface area (Å²) in [6.45, 7) is -0.250. The molecule has 0 aliphatic rings. The van der Waals surface area contributed by atoms with Gasteiger partial charge < -0.3 is 15.8 Å². The second-order valence-corrected chi connectivity index (χ2v) is 5.78. The largest absolute Gasteiger partial charge is 0.483 e. The van der Waals surface area contributed by atoms with Gasteiger partial charge >= 0.3 is 0 Å². The highest BCUT2D eigenvalue weighted by Crippen LogP contribution is 2.20. The Balaban J connectivity index is 1.55. The lowest BCUT2D eigenvalue weighted by Gasteiger charge is -2.10. The van der Waals surface area contributed by atoms with E-state index in [4.69, 9.17) is 10.5 Å². The minimum atomic E-state index is -0.615. The molecular formula is C21H18N4O3. The lowest BCUT2D eigenvalue weighted by atomic mass is 10.2. The Morgan fingerprint density at radius 2 is 1.43 bits per heavy atom. The number of carbonyl (C=O) groups is 2. The number of primary amides is 1. The number of benzene rings is 3. The molecule has 140 valence electrons. The van der Waals surface area contributed by atoms with E-state index >= 15 is 0 Å². The first kappa shape index (κ1) is 18.8. The summed E-state index contributed by atoms with van der Waals surface area (Å²) in [7, 11) is 0. The van der Waals surface area contributed by atoms with Crippen molar-refractivity contribution in [3.63, 3.8) is 0 Å². The molecule has 28 heavy (non-hydrogen) atoms. The summed E-state index contributed by atoms with van der Waals surface area (Å²) < 4.78 is 5.40. The first-order chi connectivity index (χ1) is 13.6. The number of para-hydroxylation sites is 1. The Hall–Kier alpha value is -4.00. The van der Waals surface area contributed by atoms with E-state index in [1.807, 2.05) is 30.3 Å². The summed E-state index contributed by atoms with van der Waals surface area (Å²) in [5, 5.41) is 11.0. The van der Waals surface area contributed by atoms with Crippen molar-refractivity contribution < 1.29 is 14.3 Å². The molecule has 0 spiro atoms. The molecule has 0 saturated heterocycles. The number of nitrogens with two attached hydrogens (primary N) is 1. The summed E-state index contributed by atoms with van der Waals surface area (Å²) >= 11 is 0. The smallest absolute Gasteiger partial charge is 0.262 e. The van der Waals surface area contributed by atoms with Gasteiger partial charge in [-0.25, -0.2) is 0 Å². The monoisotopic (exact) mass is 374 g/mol. The van der Waals surface area contributed by atoms with Crippen LogP contribution in [0, 0.1) is 0 Å². The van der Waals surface area contributed by atoms with Gasteiger partial charge in [0, 0.05) is 5.69 Å². The molecule has 0 aliphatic carbocycles. The van der Waals surface area contributed by atoms with Gasteiger partial charge in [0.15, 0.2) is 6.61 Å². The fourth-order valence-corrected chi connectivity index (χ4v) is 2.36. The molecule has 2 amide bonds. The van der Waals surface area contributed by atoms with Gasteiger partial charge in [0.1, 0.15) is 5.75 Å². The number of nitrogens with zero attached hydrogens (tertiary/aromatic N) is 2. The third-order valence-electron chi connectivity index (χ3n) is 3.70. The zero-order valence-corrected chi connectivity index (χ0v) is 14.9. The second-order valence-electron chi connectivity index (χ2n) is 5.78.